The number of hydrogen-bond donors (Lipinski definition) is 0. The molecule has 0 aliphatic heterocycles. The summed E-state index contributed by atoms with van der Waals surface area (Å²) in [6.07, 6.45) is 2.32. The van der Waals surface area contributed by atoms with Crippen molar-refractivity contribution in [1.82, 2.24) is 0 Å². The molecule has 0 saturated heterocycles. The van der Waals surface area contributed by atoms with E-state index in [4.69, 9.17) is 0 Å². The quantitative estimate of drug-likeness (QED) is 0.659. The molecule has 0 N–H and O–H groups in total. The molecule has 0 amide bonds. The van der Waals surface area contributed by atoms with Crippen molar-refractivity contribution in [1.29, 1.82) is 0 Å². The molecule has 1 rings (SSSR count). The highest BCUT2D eigenvalue weighted by Gasteiger charge is 2.15. The molecule has 0 radical (unpaired) electrons. The standard InChI is InChI=1S/C14H23B/c1-7-12-9-10(3)11(4)13(8-2)14(12)15(5)6/h9H,7-8H2,1-6H3. The molecule has 0 heterocycles. The summed E-state index contributed by atoms with van der Waals surface area (Å²) in [5.41, 5.74) is 7.68. The third-order valence-corrected chi connectivity index (χ3v) is 3.42. The van der Waals surface area contributed by atoms with Gasteiger partial charge in [-0.1, -0.05) is 50.1 Å². The van der Waals surface area contributed by atoms with Gasteiger partial charge >= 0.3 is 0 Å². The molecule has 0 aliphatic carbocycles. The molecule has 0 atom stereocenters. The summed E-state index contributed by atoms with van der Waals surface area (Å²) < 4.78 is 0. The molecule has 1 heteroatoms. The lowest BCUT2D eigenvalue weighted by atomic mass is 9.46. The van der Waals surface area contributed by atoms with Crippen molar-refractivity contribution in [2.45, 2.75) is 54.2 Å². The third kappa shape index (κ3) is 2.27. The van der Waals surface area contributed by atoms with Gasteiger partial charge in [-0.3, -0.25) is 0 Å². The van der Waals surface area contributed by atoms with Crippen molar-refractivity contribution in [3.8, 4) is 0 Å². The molecule has 0 bridgehead atoms. The molecular weight excluding hydrogens is 179 g/mol. The van der Waals surface area contributed by atoms with E-state index in [-0.39, 0.29) is 0 Å². The average molecular weight is 202 g/mol. The Morgan fingerprint density at radius 2 is 1.67 bits per heavy atom. The zero-order valence-electron chi connectivity index (χ0n) is 11.1. The van der Waals surface area contributed by atoms with E-state index in [9.17, 15) is 0 Å². The van der Waals surface area contributed by atoms with E-state index in [1.807, 2.05) is 0 Å². The molecule has 0 fully saturated rings. The summed E-state index contributed by atoms with van der Waals surface area (Å²) in [4.78, 5) is 0. The Labute approximate surface area is 95.2 Å². The SMILES string of the molecule is CCc1cc(C)c(C)c(CC)c1B(C)C. The Kier molecular flexibility index (Phi) is 4.01. The van der Waals surface area contributed by atoms with Crippen molar-refractivity contribution in [3.05, 3.63) is 28.3 Å². The first-order valence-electron chi connectivity index (χ1n) is 6.14. The summed E-state index contributed by atoms with van der Waals surface area (Å²) >= 11 is 0. The van der Waals surface area contributed by atoms with Gasteiger partial charge in [-0.05, 0) is 37.8 Å². The van der Waals surface area contributed by atoms with Gasteiger partial charge in [0.2, 0.25) is 0 Å². The zero-order valence-corrected chi connectivity index (χ0v) is 11.1. The van der Waals surface area contributed by atoms with Crippen LogP contribution in [0, 0.1) is 13.8 Å². The van der Waals surface area contributed by atoms with Crippen molar-refractivity contribution < 1.29 is 0 Å². The number of rotatable bonds is 3. The van der Waals surface area contributed by atoms with E-state index >= 15 is 0 Å². The second kappa shape index (κ2) is 4.87. The Morgan fingerprint density at radius 1 is 1.07 bits per heavy atom. The number of hydrogen-bond acceptors (Lipinski definition) is 0. The van der Waals surface area contributed by atoms with Gasteiger partial charge in [0.1, 0.15) is 0 Å². The second-order valence-corrected chi connectivity index (χ2v) is 4.73. The first-order valence-corrected chi connectivity index (χ1v) is 6.14. The van der Waals surface area contributed by atoms with Crippen LogP contribution in [0.5, 0.6) is 0 Å². The van der Waals surface area contributed by atoms with E-state index in [1.54, 1.807) is 16.6 Å². The average Bonchev–Trinajstić information content (AvgIpc) is 2.20. The van der Waals surface area contributed by atoms with Crippen LogP contribution >= 0.6 is 0 Å². The Hall–Kier alpha value is -0.715. The second-order valence-electron chi connectivity index (χ2n) is 4.73. The molecule has 0 nitrogen and oxygen atoms in total. The summed E-state index contributed by atoms with van der Waals surface area (Å²) in [5.74, 6) is 0. The molecule has 82 valence electrons. The van der Waals surface area contributed by atoms with Crippen LogP contribution in [0.3, 0.4) is 0 Å². The number of benzene rings is 1. The van der Waals surface area contributed by atoms with E-state index in [2.05, 4.69) is 47.4 Å². The summed E-state index contributed by atoms with van der Waals surface area (Å²) in [7, 11) is 0. The van der Waals surface area contributed by atoms with Gasteiger partial charge in [0.25, 0.3) is 0 Å². The maximum atomic E-state index is 2.38. The fourth-order valence-electron chi connectivity index (χ4n) is 2.55. The van der Waals surface area contributed by atoms with Gasteiger partial charge in [0.15, 0.2) is 6.71 Å². The van der Waals surface area contributed by atoms with Crippen molar-refractivity contribution in [2.75, 3.05) is 0 Å². The van der Waals surface area contributed by atoms with Crippen LogP contribution in [-0.2, 0) is 12.8 Å². The smallest absolute Gasteiger partial charge is 0.0819 e. The minimum Gasteiger partial charge on any atom is -0.0819 e. The van der Waals surface area contributed by atoms with Crippen LogP contribution in [-0.4, -0.2) is 6.71 Å². The number of aryl methyl sites for hydroxylation is 2. The van der Waals surface area contributed by atoms with Crippen LogP contribution in [0.4, 0.5) is 0 Å². The predicted octanol–water partition coefficient (Wildman–Crippen LogP) is 3.39. The Balaban J connectivity index is 3.49. The Bertz CT molecular complexity index is 351. The largest absolute Gasteiger partial charge is 0.170 e. The van der Waals surface area contributed by atoms with Crippen LogP contribution in [0.25, 0.3) is 0 Å². The highest BCUT2D eigenvalue weighted by Crippen LogP contribution is 2.16. The van der Waals surface area contributed by atoms with Crippen LogP contribution < -0.4 is 5.46 Å². The lowest BCUT2D eigenvalue weighted by molar-refractivity contribution is 1.07. The van der Waals surface area contributed by atoms with Gasteiger partial charge < -0.3 is 0 Å². The topological polar surface area (TPSA) is 0 Å². The lowest BCUT2D eigenvalue weighted by Crippen LogP contribution is -2.31. The fraction of sp³-hybridized carbons (Fsp3) is 0.571. The molecule has 1 aromatic rings. The maximum Gasteiger partial charge on any atom is 0.170 e. The first kappa shape index (κ1) is 12.4. The van der Waals surface area contributed by atoms with Gasteiger partial charge in [-0.15, -0.1) is 0 Å². The van der Waals surface area contributed by atoms with Crippen LogP contribution in [0.2, 0.25) is 13.6 Å². The lowest BCUT2D eigenvalue weighted by Gasteiger charge is -2.19. The van der Waals surface area contributed by atoms with Crippen molar-refractivity contribution >= 4 is 12.2 Å². The van der Waals surface area contributed by atoms with Crippen molar-refractivity contribution in [3.63, 3.8) is 0 Å². The van der Waals surface area contributed by atoms with E-state index in [1.165, 1.54) is 11.1 Å². The summed E-state index contributed by atoms with van der Waals surface area (Å²) in [6.45, 7) is 14.3. The highest BCUT2D eigenvalue weighted by atomic mass is 14.1. The van der Waals surface area contributed by atoms with Gasteiger partial charge in [0, 0.05) is 0 Å². The van der Waals surface area contributed by atoms with Gasteiger partial charge in [-0.25, -0.2) is 0 Å². The summed E-state index contributed by atoms with van der Waals surface area (Å²) in [5, 5.41) is 0. The van der Waals surface area contributed by atoms with E-state index in [0.29, 0.717) is 6.71 Å². The molecule has 0 aliphatic rings. The molecule has 0 aromatic heterocycles. The first-order chi connectivity index (χ1) is 7.02. The fourth-order valence-corrected chi connectivity index (χ4v) is 2.55. The van der Waals surface area contributed by atoms with Crippen LogP contribution in [0.1, 0.15) is 36.1 Å². The van der Waals surface area contributed by atoms with Gasteiger partial charge in [0.05, 0.1) is 0 Å². The van der Waals surface area contributed by atoms with E-state index < -0.39 is 0 Å². The molecule has 15 heavy (non-hydrogen) atoms. The molecule has 0 spiro atoms. The summed E-state index contributed by atoms with van der Waals surface area (Å²) in [6, 6.07) is 2.38. The third-order valence-electron chi connectivity index (χ3n) is 3.42. The molecule has 1 aromatic carbocycles. The van der Waals surface area contributed by atoms with Crippen LogP contribution in [0.15, 0.2) is 6.07 Å². The molecule has 0 saturated carbocycles. The minimum absolute atomic E-state index is 0.647. The van der Waals surface area contributed by atoms with Gasteiger partial charge in [-0.2, -0.15) is 0 Å². The predicted molar refractivity (Wildman–Crippen MR) is 71.8 cm³/mol. The Morgan fingerprint density at radius 3 is 2.07 bits per heavy atom. The maximum absolute atomic E-state index is 2.38. The highest BCUT2D eigenvalue weighted by molar-refractivity contribution is 6.71. The zero-order chi connectivity index (χ0) is 11.6. The van der Waals surface area contributed by atoms with E-state index in [0.717, 1.165) is 12.8 Å². The molecular formula is C14H23B. The normalized spacial score (nSPS) is 10.5. The molecule has 0 unspecified atom stereocenters. The van der Waals surface area contributed by atoms with Crippen molar-refractivity contribution in [2.24, 2.45) is 0 Å². The minimum atomic E-state index is 0.647. The monoisotopic (exact) mass is 202 g/mol.